The lowest BCUT2D eigenvalue weighted by Crippen LogP contribution is -1.95. The van der Waals surface area contributed by atoms with E-state index in [1.165, 1.54) is 0 Å². The van der Waals surface area contributed by atoms with Gasteiger partial charge in [-0.3, -0.25) is 0 Å². The van der Waals surface area contributed by atoms with E-state index < -0.39 is 0 Å². The molecule has 0 aliphatic rings. The maximum absolute atomic E-state index is 5.40. The number of ether oxygens (including phenoxy) is 2. The molecule has 2 N–H and O–H groups in total. The summed E-state index contributed by atoms with van der Waals surface area (Å²) in [7, 11) is 3.26. The molecule has 0 atom stereocenters. The van der Waals surface area contributed by atoms with Gasteiger partial charge in [0.05, 0.1) is 17.8 Å². The van der Waals surface area contributed by atoms with Crippen molar-refractivity contribution in [2.75, 3.05) is 20.8 Å². The lowest BCUT2D eigenvalue weighted by atomic mass is 10.2. The van der Waals surface area contributed by atoms with Crippen LogP contribution in [0.3, 0.4) is 0 Å². The summed E-state index contributed by atoms with van der Waals surface area (Å²) in [5.41, 5.74) is 6.45. The Kier molecular flexibility index (Phi) is 4.90. The van der Waals surface area contributed by atoms with E-state index in [0.29, 0.717) is 6.54 Å². The van der Waals surface area contributed by atoms with Crippen LogP contribution >= 0.6 is 22.6 Å². The minimum atomic E-state index is 0.533. The van der Waals surface area contributed by atoms with Gasteiger partial charge in [0.1, 0.15) is 0 Å². The zero-order chi connectivity index (χ0) is 11.3. The first-order valence-electron chi connectivity index (χ1n) is 4.51. The molecule has 15 heavy (non-hydrogen) atoms. The lowest BCUT2D eigenvalue weighted by Gasteiger charge is -2.10. The molecule has 0 aliphatic carbocycles. The molecule has 0 unspecified atom stereocenters. The molecule has 0 saturated carbocycles. The fourth-order valence-corrected chi connectivity index (χ4v) is 2.08. The first-order chi connectivity index (χ1) is 7.22. The molecular formula is C11H14INO2. The Hall–Kier alpha value is -0.750. The van der Waals surface area contributed by atoms with E-state index in [4.69, 9.17) is 15.2 Å². The standard InChI is InChI=1S/C11H14INO2/c1-14-10-7-8(4-3-5-13)6-9(12)11(10)15-2/h3-4,6-7H,5,13H2,1-2H3. The summed E-state index contributed by atoms with van der Waals surface area (Å²) in [6.45, 7) is 0.533. The molecule has 0 bridgehead atoms. The molecule has 82 valence electrons. The molecule has 3 nitrogen and oxygen atoms in total. The molecule has 4 heteroatoms. The van der Waals surface area contributed by atoms with Crippen LogP contribution in [0.2, 0.25) is 0 Å². The van der Waals surface area contributed by atoms with Crippen molar-refractivity contribution in [2.45, 2.75) is 0 Å². The van der Waals surface area contributed by atoms with Gasteiger partial charge in [-0.25, -0.2) is 0 Å². The van der Waals surface area contributed by atoms with E-state index >= 15 is 0 Å². The number of methoxy groups -OCH3 is 2. The summed E-state index contributed by atoms with van der Waals surface area (Å²) in [6, 6.07) is 3.95. The molecular weight excluding hydrogens is 305 g/mol. The highest BCUT2D eigenvalue weighted by atomic mass is 127. The second-order valence-electron chi connectivity index (χ2n) is 2.88. The molecule has 0 saturated heterocycles. The van der Waals surface area contributed by atoms with E-state index in [2.05, 4.69) is 22.6 Å². The topological polar surface area (TPSA) is 44.5 Å². The van der Waals surface area contributed by atoms with Gasteiger partial charge in [-0.15, -0.1) is 0 Å². The van der Waals surface area contributed by atoms with Crippen LogP contribution in [-0.4, -0.2) is 20.8 Å². The molecule has 0 radical (unpaired) electrons. The van der Waals surface area contributed by atoms with Gasteiger partial charge < -0.3 is 15.2 Å². The maximum Gasteiger partial charge on any atom is 0.174 e. The molecule has 0 spiro atoms. The number of halogens is 1. The molecule has 0 amide bonds. The highest BCUT2D eigenvalue weighted by Gasteiger charge is 2.08. The third-order valence-electron chi connectivity index (χ3n) is 1.90. The third-order valence-corrected chi connectivity index (χ3v) is 2.70. The number of hydrogen-bond donors (Lipinski definition) is 1. The van der Waals surface area contributed by atoms with Crippen LogP contribution in [0.1, 0.15) is 5.56 Å². The van der Waals surface area contributed by atoms with Gasteiger partial charge in [-0.2, -0.15) is 0 Å². The van der Waals surface area contributed by atoms with E-state index in [9.17, 15) is 0 Å². The van der Waals surface area contributed by atoms with E-state index in [-0.39, 0.29) is 0 Å². The van der Waals surface area contributed by atoms with Crippen LogP contribution in [0.25, 0.3) is 6.08 Å². The van der Waals surface area contributed by atoms with Crippen LogP contribution in [0.5, 0.6) is 11.5 Å². The smallest absolute Gasteiger partial charge is 0.174 e. The minimum absolute atomic E-state index is 0.533. The van der Waals surface area contributed by atoms with Gasteiger partial charge in [-0.1, -0.05) is 12.2 Å². The minimum Gasteiger partial charge on any atom is -0.493 e. The summed E-state index contributed by atoms with van der Waals surface area (Å²) in [6.07, 6.45) is 3.86. The third kappa shape index (κ3) is 3.10. The van der Waals surface area contributed by atoms with Crippen LogP contribution in [0.15, 0.2) is 18.2 Å². The van der Waals surface area contributed by atoms with Crippen LogP contribution in [0.4, 0.5) is 0 Å². The Morgan fingerprint density at radius 1 is 1.33 bits per heavy atom. The van der Waals surface area contributed by atoms with Gasteiger partial charge in [0, 0.05) is 6.54 Å². The van der Waals surface area contributed by atoms with E-state index in [1.807, 2.05) is 24.3 Å². The Morgan fingerprint density at radius 3 is 2.60 bits per heavy atom. The predicted octanol–water partition coefficient (Wildman–Crippen LogP) is 2.28. The number of hydrogen-bond acceptors (Lipinski definition) is 3. The Labute approximate surface area is 103 Å². The molecule has 0 heterocycles. The average molecular weight is 319 g/mol. The van der Waals surface area contributed by atoms with E-state index in [1.54, 1.807) is 14.2 Å². The van der Waals surface area contributed by atoms with Gasteiger partial charge >= 0.3 is 0 Å². The number of rotatable bonds is 4. The normalized spacial score (nSPS) is 10.7. The number of nitrogens with two attached hydrogens (primary N) is 1. The van der Waals surface area contributed by atoms with E-state index in [0.717, 1.165) is 20.6 Å². The fraction of sp³-hybridized carbons (Fsp3) is 0.273. The van der Waals surface area contributed by atoms with Gasteiger partial charge in [0.25, 0.3) is 0 Å². The van der Waals surface area contributed by atoms with Crippen LogP contribution < -0.4 is 15.2 Å². The summed E-state index contributed by atoms with van der Waals surface area (Å²) in [4.78, 5) is 0. The van der Waals surface area contributed by atoms with Crippen LogP contribution in [-0.2, 0) is 0 Å². The molecule has 0 fully saturated rings. The summed E-state index contributed by atoms with van der Waals surface area (Å²) in [5.74, 6) is 1.50. The Bertz CT molecular complexity index is 364. The first kappa shape index (κ1) is 12.3. The zero-order valence-corrected chi connectivity index (χ0v) is 10.9. The van der Waals surface area contributed by atoms with Crippen molar-refractivity contribution in [2.24, 2.45) is 5.73 Å². The largest absolute Gasteiger partial charge is 0.493 e. The molecule has 1 rings (SSSR count). The summed E-state index contributed by atoms with van der Waals surface area (Å²) >= 11 is 2.22. The zero-order valence-electron chi connectivity index (χ0n) is 8.79. The monoisotopic (exact) mass is 319 g/mol. The highest BCUT2D eigenvalue weighted by molar-refractivity contribution is 14.1. The van der Waals surface area contributed by atoms with Gasteiger partial charge in [0.2, 0.25) is 0 Å². The van der Waals surface area contributed by atoms with Crippen molar-refractivity contribution in [1.82, 2.24) is 0 Å². The fourth-order valence-electron chi connectivity index (χ4n) is 1.24. The Morgan fingerprint density at radius 2 is 2.07 bits per heavy atom. The predicted molar refractivity (Wildman–Crippen MR) is 70.4 cm³/mol. The molecule has 0 aliphatic heterocycles. The summed E-state index contributed by atoms with van der Waals surface area (Å²) < 4.78 is 11.5. The van der Waals surface area contributed by atoms with Gasteiger partial charge in [0.15, 0.2) is 11.5 Å². The van der Waals surface area contributed by atoms with Crippen molar-refractivity contribution in [1.29, 1.82) is 0 Å². The SMILES string of the molecule is COc1cc(C=CCN)cc(I)c1OC. The van der Waals surface area contributed by atoms with Crippen molar-refractivity contribution in [3.8, 4) is 11.5 Å². The number of benzene rings is 1. The molecule has 0 aromatic heterocycles. The summed E-state index contributed by atoms with van der Waals surface area (Å²) in [5, 5.41) is 0. The quantitative estimate of drug-likeness (QED) is 0.866. The second kappa shape index (κ2) is 5.97. The molecule has 1 aromatic carbocycles. The average Bonchev–Trinajstić information content (AvgIpc) is 2.25. The first-order valence-corrected chi connectivity index (χ1v) is 5.59. The Balaban J connectivity index is 3.13. The van der Waals surface area contributed by atoms with Crippen molar-refractivity contribution < 1.29 is 9.47 Å². The molecule has 1 aromatic rings. The van der Waals surface area contributed by atoms with Gasteiger partial charge in [-0.05, 0) is 40.3 Å². The highest BCUT2D eigenvalue weighted by Crippen LogP contribution is 2.33. The lowest BCUT2D eigenvalue weighted by molar-refractivity contribution is 0.353. The van der Waals surface area contributed by atoms with Crippen molar-refractivity contribution >= 4 is 28.7 Å². The second-order valence-corrected chi connectivity index (χ2v) is 4.04. The van der Waals surface area contributed by atoms with Crippen molar-refractivity contribution in [3.05, 3.63) is 27.3 Å². The van der Waals surface area contributed by atoms with Crippen LogP contribution in [0, 0.1) is 3.57 Å². The maximum atomic E-state index is 5.40. The van der Waals surface area contributed by atoms with Crippen molar-refractivity contribution in [3.63, 3.8) is 0 Å².